The van der Waals surface area contributed by atoms with E-state index in [9.17, 15) is 27.6 Å². The predicted molar refractivity (Wildman–Crippen MR) is 127 cm³/mol. The van der Waals surface area contributed by atoms with E-state index in [2.05, 4.69) is 20.0 Å². The van der Waals surface area contributed by atoms with Crippen LogP contribution >= 0.6 is 11.3 Å². The summed E-state index contributed by atoms with van der Waals surface area (Å²) in [4.78, 5) is 49.0. The number of thiazole rings is 1. The van der Waals surface area contributed by atoms with E-state index in [1.165, 1.54) is 43.4 Å². The van der Waals surface area contributed by atoms with Crippen LogP contribution in [0, 0.1) is 0 Å². The largest absolute Gasteiger partial charge is 0.573 e. The van der Waals surface area contributed by atoms with Crippen molar-refractivity contribution >= 4 is 56.1 Å². The van der Waals surface area contributed by atoms with Crippen LogP contribution in [0.3, 0.4) is 0 Å². The van der Waals surface area contributed by atoms with Crippen LogP contribution in [0.15, 0.2) is 30.5 Å². The molecule has 196 valence electrons. The van der Waals surface area contributed by atoms with Crippen molar-refractivity contribution in [2.45, 2.75) is 12.7 Å². The number of likely N-dealkylation sites (N-methyl/N-ethyl adjacent to an activating group) is 1. The van der Waals surface area contributed by atoms with Gasteiger partial charge in [0.2, 0.25) is 0 Å². The van der Waals surface area contributed by atoms with E-state index in [4.69, 9.17) is 10.5 Å². The van der Waals surface area contributed by atoms with Crippen molar-refractivity contribution in [1.29, 1.82) is 0 Å². The van der Waals surface area contributed by atoms with Gasteiger partial charge in [0, 0.05) is 33.4 Å². The Morgan fingerprint density at radius 3 is 2.62 bits per heavy atom. The van der Waals surface area contributed by atoms with Crippen molar-refractivity contribution in [2.75, 3.05) is 42.9 Å². The van der Waals surface area contributed by atoms with Crippen LogP contribution in [-0.4, -0.2) is 73.2 Å². The van der Waals surface area contributed by atoms with Crippen LogP contribution in [0.25, 0.3) is 10.2 Å². The molecule has 12 nitrogen and oxygen atoms in total. The number of anilines is 3. The smallest absolute Gasteiger partial charge is 0.452 e. The lowest BCUT2D eigenvalue weighted by Gasteiger charge is -2.27. The number of halogens is 3. The highest BCUT2D eigenvalue weighted by molar-refractivity contribution is 7.22. The first-order valence-corrected chi connectivity index (χ1v) is 11.3. The minimum Gasteiger partial charge on any atom is -0.452 e. The van der Waals surface area contributed by atoms with Gasteiger partial charge in [0.15, 0.2) is 23.8 Å². The highest BCUT2D eigenvalue weighted by atomic mass is 32.1. The Balaban J connectivity index is 1.57. The third-order valence-corrected chi connectivity index (χ3v) is 6.15. The first-order valence-electron chi connectivity index (χ1n) is 10.5. The summed E-state index contributed by atoms with van der Waals surface area (Å²) in [5.74, 6) is -1.33. The van der Waals surface area contributed by atoms with E-state index in [1.54, 1.807) is 11.9 Å². The third-order valence-electron chi connectivity index (χ3n) is 5.20. The van der Waals surface area contributed by atoms with Gasteiger partial charge in [0.05, 0.1) is 21.5 Å². The lowest BCUT2D eigenvalue weighted by atomic mass is 10.2. The van der Waals surface area contributed by atoms with Gasteiger partial charge in [0.25, 0.3) is 5.91 Å². The van der Waals surface area contributed by atoms with Gasteiger partial charge in [-0.25, -0.2) is 19.6 Å². The maximum Gasteiger partial charge on any atom is 0.573 e. The monoisotopic (exact) mass is 539 g/mol. The number of pyridine rings is 1. The van der Waals surface area contributed by atoms with E-state index in [0.717, 1.165) is 22.3 Å². The van der Waals surface area contributed by atoms with Crippen molar-refractivity contribution in [3.05, 3.63) is 36.0 Å². The number of esters is 1. The van der Waals surface area contributed by atoms with E-state index >= 15 is 0 Å². The summed E-state index contributed by atoms with van der Waals surface area (Å²) in [6.45, 7) is -0.472. The number of hydrogen-bond donors (Lipinski definition) is 2. The maximum atomic E-state index is 12.5. The Labute approximate surface area is 211 Å². The van der Waals surface area contributed by atoms with Crippen molar-refractivity contribution in [2.24, 2.45) is 5.73 Å². The molecule has 0 bridgehead atoms. The van der Waals surface area contributed by atoms with Gasteiger partial charge >= 0.3 is 18.4 Å². The Kier molecular flexibility index (Phi) is 6.68. The zero-order valence-electron chi connectivity index (χ0n) is 19.6. The number of fused-ring (bicyclic) bond motifs is 2. The van der Waals surface area contributed by atoms with Crippen molar-refractivity contribution in [3.8, 4) is 5.75 Å². The Morgan fingerprint density at radius 1 is 1.24 bits per heavy atom. The second-order valence-electron chi connectivity index (χ2n) is 7.96. The van der Waals surface area contributed by atoms with E-state index < -0.39 is 42.9 Å². The number of urea groups is 1. The molecule has 1 aromatic carbocycles. The summed E-state index contributed by atoms with van der Waals surface area (Å²) in [6.07, 6.45) is -4.52. The molecule has 2 aromatic heterocycles. The molecule has 0 spiro atoms. The summed E-state index contributed by atoms with van der Waals surface area (Å²) in [7, 11) is 4.64. The van der Waals surface area contributed by atoms with Crippen LogP contribution in [0.1, 0.15) is 10.4 Å². The van der Waals surface area contributed by atoms with E-state index in [1.807, 2.05) is 0 Å². The van der Waals surface area contributed by atoms with Crippen LogP contribution in [0.4, 0.5) is 34.6 Å². The summed E-state index contributed by atoms with van der Waals surface area (Å²) in [5.41, 5.74) is 6.21. The number of nitrogens with zero attached hydrogens (tertiary/aromatic N) is 5. The van der Waals surface area contributed by atoms with Gasteiger partial charge in [-0.2, -0.15) is 0 Å². The predicted octanol–water partition coefficient (Wildman–Crippen LogP) is 2.57. The molecular formula is C21H20F3N7O5S. The first-order chi connectivity index (χ1) is 17.3. The second-order valence-corrected chi connectivity index (χ2v) is 9.00. The number of primary amides is 1. The average molecular weight is 539 g/mol. The molecule has 1 aliphatic rings. The van der Waals surface area contributed by atoms with Crippen molar-refractivity contribution in [1.82, 2.24) is 14.9 Å². The lowest BCUT2D eigenvalue weighted by molar-refractivity contribution is -0.274. The molecule has 3 amide bonds. The number of rotatable bonds is 6. The highest BCUT2D eigenvalue weighted by Gasteiger charge is 2.39. The lowest BCUT2D eigenvalue weighted by Crippen LogP contribution is -2.51. The van der Waals surface area contributed by atoms with Crippen molar-refractivity contribution < 1.29 is 37.0 Å². The molecule has 1 atom stereocenters. The van der Waals surface area contributed by atoms with Gasteiger partial charge in [-0.05, 0) is 18.2 Å². The Morgan fingerprint density at radius 2 is 1.97 bits per heavy atom. The summed E-state index contributed by atoms with van der Waals surface area (Å²) < 4.78 is 47.0. The number of benzene rings is 1. The molecule has 0 saturated carbocycles. The zero-order chi connectivity index (χ0) is 27.1. The average Bonchev–Trinajstić information content (AvgIpc) is 3.33. The number of aromatic nitrogens is 2. The maximum absolute atomic E-state index is 12.5. The zero-order valence-corrected chi connectivity index (χ0v) is 20.4. The number of nitrogens with two attached hydrogens (primary N) is 1. The number of alkyl halides is 3. The minimum atomic E-state index is -4.83. The van der Waals surface area contributed by atoms with Crippen LogP contribution in [0.2, 0.25) is 0 Å². The number of hydrogen-bond acceptors (Lipinski definition) is 10. The van der Waals surface area contributed by atoms with Gasteiger partial charge in [0.1, 0.15) is 5.75 Å². The standard InChI is InChI=1S/C21H20F3N7O5S/c1-29(2)15(32)9-35-17(33)10-6-13-16(26-8-10)30(3)20(31(13)18(25)34)28-19-27-12-5-4-11(7-14(12)37-19)36-21(22,23)24/h4-8,20H,9H2,1-3H3,(H2,25,34)(H,27,28). The van der Waals surface area contributed by atoms with Crippen molar-refractivity contribution in [3.63, 3.8) is 0 Å². The molecule has 3 N–H and O–H groups in total. The first kappa shape index (κ1) is 25.7. The highest BCUT2D eigenvalue weighted by Crippen LogP contribution is 2.39. The van der Waals surface area contributed by atoms with Crippen LogP contribution in [0.5, 0.6) is 5.75 Å². The molecule has 0 fully saturated rings. The topological polar surface area (TPSA) is 143 Å². The molecule has 0 saturated heterocycles. The fraction of sp³-hybridized carbons (Fsp3) is 0.286. The Hall–Kier alpha value is -4.34. The number of carbonyl (C=O) groups is 3. The van der Waals surface area contributed by atoms with Gasteiger partial charge in [-0.3, -0.25) is 9.69 Å². The summed E-state index contributed by atoms with van der Waals surface area (Å²) in [5, 5.41) is 3.29. The molecule has 16 heteroatoms. The fourth-order valence-electron chi connectivity index (χ4n) is 3.44. The number of amides is 3. The SMILES string of the molecule is CN(C)C(=O)COC(=O)c1cnc2c(c1)N(C(N)=O)C(Nc1nc3ccc(OC(F)(F)F)cc3s1)N2C. The molecule has 3 aromatic rings. The Bertz CT molecular complexity index is 1380. The fourth-order valence-corrected chi connectivity index (χ4v) is 4.35. The molecule has 1 aliphatic heterocycles. The number of carbonyl (C=O) groups excluding carboxylic acids is 3. The number of ether oxygens (including phenoxy) is 2. The van der Waals surface area contributed by atoms with Crippen LogP contribution < -0.4 is 25.6 Å². The van der Waals surface area contributed by atoms with Gasteiger partial charge in [-0.1, -0.05) is 11.3 Å². The quantitative estimate of drug-likeness (QED) is 0.452. The molecule has 3 heterocycles. The van der Waals surface area contributed by atoms with E-state index in [-0.39, 0.29) is 16.4 Å². The molecule has 37 heavy (non-hydrogen) atoms. The second kappa shape index (κ2) is 9.61. The summed E-state index contributed by atoms with van der Waals surface area (Å²) >= 11 is 1.03. The van der Waals surface area contributed by atoms with E-state index in [0.29, 0.717) is 16.0 Å². The normalized spacial score (nSPS) is 14.9. The molecule has 4 rings (SSSR count). The molecular weight excluding hydrogens is 519 g/mol. The summed E-state index contributed by atoms with van der Waals surface area (Å²) in [6, 6.07) is 4.19. The van der Waals surface area contributed by atoms with Crippen LogP contribution in [-0.2, 0) is 9.53 Å². The molecule has 0 radical (unpaired) electrons. The minimum absolute atomic E-state index is 0.0113. The molecule has 0 aliphatic carbocycles. The number of nitrogens with one attached hydrogen (secondary N) is 1. The third kappa shape index (κ3) is 5.42. The molecule has 1 unspecified atom stereocenters. The van der Waals surface area contributed by atoms with Gasteiger partial charge in [-0.15, -0.1) is 13.2 Å². The van der Waals surface area contributed by atoms with Gasteiger partial charge < -0.3 is 30.3 Å².